The molecule has 0 radical (unpaired) electrons. The van der Waals surface area contributed by atoms with Crippen molar-refractivity contribution in [3.8, 4) is 0 Å². The molecule has 0 aromatic rings. The Bertz CT molecular complexity index is 263. The summed E-state index contributed by atoms with van der Waals surface area (Å²) in [4.78, 5) is 13.0. The molecule has 0 aromatic carbocycles. The number of carbonyl (C=O) groups is 1. The molecule has 0 aromatic heterocycles. The predicted molar refractivity (Wildman–Crippen MR) is 63.4 cm³/mol. The Kier molecular flexibility index (Phi) is 3.24. The van der Waals surface area contributed by atoms with E-state index in [4.69, 9.17) is 5.11 Å². The van der Waals surface area contributed by atoms with Gasteiger partial charge in [-0.15, -0.1) is 0 Å². The molecular weight excluding hydrogens is 202 g/mol. The first-order valence-corrected chi connectivity index (χ1v) is 6.42. The Morgan fingerprint density at radius 1 is 1.38 bits per heavy atom. The van der Waals surface area contributed by atoms with Gasteiger partial charge in [-0.2, -0.15) is 0 Å². The lowest BCUT2D eigenvalue weighted by molar-refractivity contribution is -0.140. The average Bonchev–Trinajstić information content (AvgIpc) is 1.95. The molecule has 0 unspecified atom stereocenters. The lowest BCUT2D eigenvalue weighted by atomic mass is 9.64. The fourth-order valence-electron chi connectivity index (χ4n) is 3.23. The van der Waals surface area contributed by atoms with Crippen LogP contribution in [0, 0.1) is 11.3 Å². The van der Waals surface area contributed by atoms with Gasteiger partial charge in [-0.25, -0.2) is 0 Å². The van der Waals surface area contributed by atoms with Crippen molar-refractivity contribution in [3.05, 3.63) is 0 Å². The zero-order chi connectivity index (χ0) is 11.8. The molecule has 92 valence electrons. The normalized spacial score (nSPS) is 25.2. The number of carboxylic acids is 1. The van der Waals surface area contributed by atoms with Crippen molar-refractivity contribution >= 4 is 5.97 Å². The highest BCUT2D eigenvalue weighted by atomic mass is 16.4. The molecule has 0 amide bonds. The topological polar surface area (TPSA) is 40.5 Å². The largest absolute Gasteiger partial charge is 0.480 e. The molecule has 16 heavy (non-hydrogen) atoms. The number of hydrogen-bond acceptors (Lipinski definition) is 2. The van der Waals surface area contributed by atoms with Crippen molar-refractivity contribution in [2.24, 2.45) is 11.3 Å². The maximum Gasteiger partial charge on any atom is 0.317 e. The highest BCUT2D eigenvalue weighted by molar-refractivity contribution is 5.69. The van der Waals surface area contributed by atoms with E-state index >= 15 is 0 Å². The lowest BCUT2D eigenvalue weighted by Crippen LogP contribution is -2.48. The van der Waals surface area contributed by atoms with Gasteiger partial charge in [0.15, 0.2) is 0 Å². The molecule has 0 bridgehead atoms. The first-order chi connectivity index (χ1) is 7.46. The molecule has 2 aliphatic carbocycles. The lowest BCUT2D eigenvalue weighted by Gasteiger charge is -2.47. The van der Waals surface area contributed by atoms with Crippen LogP contribution in [0.1, 0.15) is 46.0 Å². The Labute approximate surface area is 97.8 Å². The van der Waals surface area contributed by atoms with E-state index < -0.39 is 5.97 Å². The van der Waals surface area contributed by atoms with Crippen LogP contribution < -0.4 is 0 Å². The van der Waals surface area contributed by atoms with E-state index in [1.54, 1.807) is 0 Å². The van der Waals surface area contributed by atoms with Crippen LogP contribution in [0.3, 0.4) is 0 Å². The third-order valence-electron chi connectivity index (χ3n) is 4.10. The van der Waals surface area contributed by atoms with Crippen LogP contribution >= 0.6 is 0 Å². The molecule has 3 heteroatoms. The molecule has 3 nitrogen and oxygen atoms in total. The van der Waals surface area contributed by atoms with Gasteiger partial charge in [0.2, 0.25) is 0 Å². The molecule has 0 aliphatic heterocycles. The van der Waals surface area contributed by atoms with Gasteiger partial charge in [0.05, 0.1) is 6.54 Å². The molecule has 2 aliphatic rings. The summed E-state index contributed by atoms with van der Waals surface area (Å²) >= 11 is 0. The van der Waals surface area contributed by atoms with E-state index in [9.17, 15) is 4.79 Å². The number of rotatable bonds is 5. The van der Waals surface area contributed by atoms with Crippen molar-refractivity contribution in [2.45, 2.75) is 52.0 Å². The quantitative estimate of drug-likeness (QED) is 0.781. The van der Waals surface area contributed by atoms with Gasteiger partial charge in [0.25, 0.3) is 0 Å². The fraction of sp³-hybridized carbons (Fsp3) is 0.923. The highest BCUT2D eigenvalue weighted by Crippen LogP contribution is 2.45. The van der Waals surface area contributed by atoms with Gasteiger partial charge in [-0.1, -0.05) is 20.3 Å². The maximum absolute atomic E-state index is 10.8. The first kappa shape index (κ1) is 11.9. The van der Waals surface area contributed by atoms with E-state index in [1.807, 2.05) is 0 Å². The second-order valence-corrected chi connectivity index (χ2v) is 6.35. The van der Waals surface area contributed by atoms with Gasteiger partial charge in [0.1, 0.15) is 0 Å². The van der Waals surface area contributed by atoms with E-state index in [2.05, 4.69) is 18.7 Å². The molecule has 0 saturated heterocycles. The van der Waals surface area contributed by atoms with Gasteiger partial charge in [-0.3, -0.25) is 9.69 Å². The summed E-state index contributed by atoms with van der Waals surface area (Å²) in [6, 6.07) is 0.555. The van der Waals surface area contributed by atoms with Crippen LogP contribution in [0.25, 0.3) is 0 Å². The van der Waals surface area contributed by atoms with Crippen LogP contribution in [-0.4, -0.2) is 35.1 Å². The summed E-state index contributed by atoms with van der Waals surface area (Å²) in [7, 11) is 0. The van der Waals surface area contributed by atoms with Crippen LogP contribution in [-0.2, 0) is 4.79 Å². The van der Waals surface area contributed by atoms with Crippen molar-refractivity contribution in [1.82, 2.24) is 4.90 Å². The van der Waals surface area contributed by atoms with Crippen molar-refractivity contribution < 1.29 is 9.90 Å². The molecule has 0 spiro atoms. The van der Waals surface area contributed by atoms with Gasteiger partial charge >= 0.3 is 5.97 Å². The molecule has 1 N–H and O–H groups in total. The second kappa shape index (κ2) is 4.36. The Balaban J connectivity index is 1.80. The smallest absolute Gasteiger partial charge is 0.317 e. The molecule has 2 fully saturated rings. The first-order valence-electron chi connectivity index (χ1n) is 6.42. The van der Waals surface area contributed by atoms with Crippen LogP contribution in [0.4, 0.5) is 0 Å². The van der Waals surface area contributed by atoms with E-state index in [0.29, 0.717) is 11.5 Å². The minimum atomic E-state index is -0.675. The third kappa shape index (κ3) is 2.76. The Morgan fingerprint density at radius 2 is 2.00 bits per heavy atom. The molecular formula is C13H23NO2. The summed E-state index contributed by atoms with van der Waals surface area (Å²) in [5.41, 5.74) is 0.499. The second-order valence-electron chi connectivity index (χ2n) is 6.35. The summed E-state index contributed by atoms with van der Waals surface area (Å²) in [5.74, 6) is 0.0560. The highest BCUT2D eigenvalue weighted by Gasteiger charge is 2.38. The van der Waals surface area contributed by atoms with Crippen molar-refractivity contribution in [2.75, 3.05) is 13.1 Å². The van der Waals surface area contributed by atoms with Crippen LogP contribution in [0.2, 0.25) is 0 Å². The molecule has 2 rings (SSSR count). The van der Waals surface area contributed by atoms with Gasteiger partial charge in [-0.05, 0) is 37.0 Å². The zero-order valence-electron chi connectivity index (χ0n) is 10.4. The van der Waals surface area contributed by atoms with E-state index in [0.717, 1.165) is 12.5 Å². The van der Waals surface area contributed by atoms with Crippen LogP contribution in [0.5, 0.6) is 0 Å². The summed E-state index contributed by atoms with van der Waals surface area (Å²) in [6.45, 7) is 5.84. The zero-order valence-corrected chi connectivity index (χ0v) is 10.4. The molecule has 0 atom stereocenters. The van der Waals surface area contributed by atoms with E-state index in [1.165, 1.54) is 32.1 Å². The number of aliphatic carboxylic acids is 1. The standard InChI is InChI=1S/C13H23NO2/c1-13(2)6-10(7-13)8-14(9-12(15)16)11-4-3-5-11/h10-11H,3-9H2,1-2H3,(H,15,16). The fourth-order valence-corrected chi connectivity index (χ4v) is 3.23. The SMILES string of the molecule is CC1(C)CC(CN(CC(=O)O)C2CCC2)C1. The monoisotopic (exact) mass is 225 g/mol. The van der Waals surface area contributed by atoms with Crippen LogP contribution in [0.15, 0.2) is 0 Å². The predicted octanol–water partition coefficient (Wildman–Crippen LogP) is 2.36. The molecule has 0 heterocycles. The van der Waals surface area contributed by atoms with Crippen molar-refractivity contribution in [1.29, 1.82) is 0 Å². The van der Waals surface area contributed by atoms with E-state index in [-0.39, 0.29) is 6.54 Å². The molecule has 2 saturated carbocycles. The number of nitrogens with zero attached hydrogens (tertiary/aromatic N) is 1. The number of carboxylic acid groups (broad SMARTS) is 1. The van der Waals surface area contributed by atoms with Crippen molar-refractivity contribution in [3.63, 3.8) is 0 Å². The Morgan fingerprint density at radius 3 is 2.38 bits per heavy atom. The Hall–Kier alpha value is -0.570. The summed E-state index contributed by atoms with van der Waals surface area (Å²) < 4.78 is 0. The summed E-state index contributed by atoms with van der Waals surface area (Å²) in [6.07, 6.45) is 6.19. The minimum Gasteiger partial charge on any atom is -0.480 e. The third-order valence-corrected chi connectivity index (χ3v) is 4.10. The summed E-state index contributed by atoms with van der Waals surface area (Å²) in [5, 5.41) is 8.92. The maximum atomic E-state index is 10.8. The van der Waals surface area contributed by atoms with Gasteiger partial charge in [0, 0.05) is 12.6 Å². The minimum absolute atomic E-state index is 0.238. The number of hydrogen-bond donors (Lipinski definition) is 1. The van der Waals surface area contributed by atoms with Gasteiger partial charge < -0.3 is 5.11 Å². The average molecular weight is 225 g/mol.